The van der Waals surface area contributed by atoms with Gasteiger partial charge in [0.2, 0.25) is 0 Å². The Bertz CT molecular complexity index is 526. The van der Waals surface area contributed by atoms with E-state index in [1.54, 1.807) is 18.2 Å². The van der Waals surface area contributed by atoms with Gasteiger partial charge in [0, 0.05) is 0 Å². The quantitative estimate of drug-likeness (QED) is 0.692. The largest absolute Gasteiger partial charge is 0.497 e. The summed E-state index contributed by atoms with van der Waals surface area (Å²) in [6.45, 7) is 0. The van der Waals surface area contributed by atoms with Gasteiger partial charge in [0.1, 0.15) is 5.75 Å². The second kappa shape index (κ2) is 1.83. The van der Waals surface area contributed by atoms with Gasteiger partial charge in [-0.05, 0) is 70.6 Å². The smallest absolute Gasteiger partial charge is 0.119 e. The van der Waals surface area contributed by atoms with Crippen molar-refractivity contribution in [2.75, 3.05) is 7.11 Å². The van der Waals surface area contributed by atoms with Crippen LogP contribution >= 0.6 is 0 Å². The van der Waals surface area contributed by atoms with Gasteiger partial charge < -0.3 is 4.74 Å². The van der Waals surface area contributed by atoms with Crippen molar-refractivity contribution in [1.29, 1.82) is 0 Å². The highest BCUT2D eigenvalue weighted by molar-refractivity contribution is 5.56. The molecule has 4 fully saturated rings. The minimum Gasteiger partial charge on any atom is -0.497 e. The van der Waals surface area contributed by atoms with E-state index in [0.29, 0.717) is 0 Å². The lowest BCUT2D eigenvalue weighted by molar-refractivity contribution is 0.317. The molecule has 16 heavy (non-hydrogen) atoms. The van der Waals surface area contributed by atoms with E-state index in [9.17, 15) is 0 Å². The maximum absolute atomic E-state index is 5.39. The van der Waals surface area contributed by atoms with Crippen molar-refractivity contribution in [3.63, 3.8) is 0 Å². The minimum atomic E-state index is 0.945. The van der Waals surface area contributed by atoms with Crippen LogP contribution in [0.15, 0.2) is 18.2 Å². The molecular weight excluding hydrogens is 196 g/mol. The average molecular weight is 210 g/mol. The van der Waals surface area contributed by atoms with Gasteiger partial charge in [0.05, 0.1) is 7.11 Å². The molecule has 0 amide bonds. The SMILES string of the molecule is COc1ccc2c(c1)C1C3[C@H]4C2[C@@H]2[C@H]1[C@@H]2[C@@H]34. The Labute approximate surface area is 94.8 Å². The number of benzene rings is 1. The third-order valence-corrected chi connectivity index (χ3v) is 6.50. The maximum atomic E-state index is 5.39. The first-order valence-corrected chi connectivity index (χ1v) is 6.59. The molecule has 0 aliphatic heterocycles. The van der Waals surface area contributed by atoms with Crippen molar-refractivity contribution >= 4 is 0 Å². The van der Waals surface area contributed by atoms with Crippen LogP contribution in [0.1, 0.15) is 23.0 Å². The van der Waals surface area contributed by atoms with E-state index in [0.717, 1.165) is 53.1 Å². The highest BCUT2D eigenvalue weighted by Crippen LogP contribution is 2.94. The molecule has 6 aliphatic carbocycles. The molecule has 0 spiro atoms. The first-order chi connectivity index (χ1) is 7.92. The monoisotopic (exact) mass is 210 g/mol. The fourth-order valence-corrected chi connectivity index (χ4v) is 6.33. The van der Waals surface area contributed by atoms with Crippen LogP contribution in [0, 0.1) is 35.5 Å². The fourth-order valence-electron chi connectivity index (χ4n) is 6.33. The molecule has 1 aromatic rings. The molecule has 80 valence electrons. The Morgan fingerprint density at radius 1 is 0.812 bits per heavy atom. The predicted molar refractivity (Wildman–Crippen MR) is 59.4 cm³/mol. The van der Waals surface area contributed by atoms with E-state index in [1.165, 1.54) is 0 Å². The van der Waals surface area contributed by atoms with Crippen LogP contribution < -0.4 is 4.74 Å². The first-order valence-electron chi connectivity index (χ1n) is 6.59. The first kappa shape index (κ1) is 7.37. The van der Waals surface area contributed by atoms with Crippen molar-refractivity contribution in [2.45, 2.75) is 11.8 Å². The third kappa shape index (κ3) is 0.489. The zero-order chi connectivity index (χ0) is 10.2. The Kier molecular flexibility index (Phi) is 0.843. The molecule has 6 aliphatic rings. The van der Waals surface area contributed by atoms with Gasteiger partial charge >= 0.3 is 0 Å². The molecule has 0 aromatic heterocycles. The molecular formula is C15H14O. The number of ether oxygens (including phenoxy) is 1. The summed E-state index contributed by atoms with van der Waals surface area (Å²) in [5, 5.41) is 0. The summed E-state index contributed by atoms with van der Waals surface area (Å²) in [6, 6.07) is 6.88. The molecule has 8 atom stereocenters. The lowest BCUT2D eigenvalue weighted by Gasteiger charge is -2.37. The molecule has 1 heteroatoms. The van der Waals surface area contributed by atoms with Crippen LogP contribution in [-0.4, -0.2) is 7.11 Å². The molecule has 4 saturated carbocycles. The number of methoxy groups -OCH3 is 1. The van der Waals surface area contributed by atoms with Crippen molar-refractivity contribution in [3.05, 3.63) is 29.3 Å². The summed E-state index contributed by atoms with van der Waals surface area (Å²) >= 11 is 0. The third-order valence-electron chi connectivity index (χ3n) is 6.50. The second-order valence-electron chi connectivity index (χ2n) is 6.51. The maximum Gasteiger partial charge on any atom is 0.119 e. The molecule has 0 radical (unpaired) electrons. The summed E-state index contributed by atoms with van der Waals surface area (Å²) in [5.41, 5.74) is 3.38. The average Bonchev–Trinajstić information content (AvgIpc) is 3.17. The van der Waals surface area contributed by atoms with Gasteiger partial charge in [-0.25, -0.2) is 0 Å². The predicted octanol–water partition coefficient (Wildman–Crippen LogP) is 2.63. The van der Waals surface area contributed by atoms with Crippen molar-refractivity contribution in [3.8, 4) is 5.75 Å². The normalized spacial score (nSPS) is 59.6. The summed E-state index contributed by atoms with van der Waals surface area (Å²) in [6.07, 6.45) is 0. The number of hydrogen-bond donors (Lipinski definition) is 0. The van der Waals surface area contributed by atoms with Gasteiger partial charge in [-0.3, -0.25) is 0 Å². The molecule has 0 heterocycles. The fraction of sp³-hybridized carbons (Fsp3) is 0.600. The second-order valence-corrected chi connectivity index (χ2v) is 6.51. The zero-order valence-electron chi connectivity index (χ0n) is 9.26. The van der Waals surface area contributed by atoms with Crippen molar-refractivity contribution in [2.24, 2.45) is 35.5 Å². The van der Waals surface area contributed by atoms with Gasteiger partial charge in [-0.2, -0.15) is 0 Å². The Balaban J connectivity index is 1.67. The summed E-state index contributed by atoms with van der Waals surface area (Å²) in [5.74, 6) is 9.73. The molecule has 3 unspecified atom stereocenters. The van der Waals surface area contributed by atoms with E-state index in [1.807, 2.05) is 0 Å². The van der Waals surface area contributed by atoms with Crippen LogP contribution in [0.25, 0.3) is 0 Å². The van der Waals surface area contributed by atoms with Crippen LogP contribution in [0.5, 0.6) is 5.75 Å². The van der Waals surface area contributed by atoms with Gasteiger partial charge in [-0.1, -0.05) is 6.07 Å². The lowest BCUT2D eigenvalue weighted by atomic mass is 9.67. The van der Waals surface area contributed by atoms with Gasteiger partial charge in [-0.15, -0.1) is 0 Å². The molecule has 2 bridgehead atoms. The van der Waals surface area contributed by atoms with Gasteiger partial charge in [0.15, 0.2) is 0 Å². The highest BCUT2D eigenvalue weighted by atomic mass is 16.5. The Morgan fingerprint density at radius 2 is 1.44 bits per heavy atom. The zero-order valence-corrected chi connectivity index (χ0v) is 9.26. The number of hydrogen-bond acceptors (Lipinski definition) is 1. The van der Waals surface area contributed by atoms with Crippen molar-refractivity contribution in [1.82, 2.24) is 0 Å². The summed E-state index contributed by atoms with van der Waals surface area (Å²) in [4.78, 5) is 0. The molecule has 1 nitrogen and oxygen atoms in total. The van der Waals surface area contributed by atoms with Crippen LogP contribution in [0.2, 0.25) is 0 Å². The molecule has 1 aromatic carbocycles. The molecule has 0 N–H and O–H groups in total. The highest BCUT2D eigenvalue weighted by Gasteiger charge is 2.88. The Hall–Kier alpha value is -0.980. The van der Waals surface area contributed by atoms with Crippen LogP contribution in [0.3, 0.4) is 0 Å². The standard InChI is InChI=1S/C15H14O/c1-16-5-2-3-6-7(4-5)9-12-10-8(6)11-13(9)15(11)14(10)12/h2-4,8-15H,1H3/t8?,9?,10-,11-,12+,13?,14-,15-/m1/s1. The molecule has 7 rings (SSSR count). The Morgan fingerprint density at radius 3 is 2.06 bits per heavy atom. The van der Waals surface area contributed by atoms with E-state index >= 15 is 0 Å². The summed E-state index contributed by atoms with van der Waals surface area (Å²) < 4.78 is 5.39. The lowest BCUT2D eigenvalue weighted by Crippen LogP contribution is -2.26. The van der Waals surface area contributed by atoms with E-state index in [-0.39, 0.29) is 0 Å². The van der Waals surface area contributed by atoms with Crippen molar-refractivity contribution < 1.29 is 4.74 Å². The summed E-state index contributed by atoms with van der Waals surface area (Å²) in [7, 11) is 1.79. The van der Waals surface area contributed by atoms with Crippen LogP contribution in [0.4, 0.5) is 0 Å². The van der Waals surface area contributed by atoms with E-state index in [2.05, 4.69) is 18.2 Å². The molecule has 0 saturated heterocycles. The van der Waals surface area contributed by atoms with Crippen LogP contribution in [-0.2, 0) is 0 Å². The topological polar surface area (TPSA) is 9.23 Å². The van der Waals surface area contributed by atoms with E-state index in [4.69, 9.17) is 4.74 Å². The van der Waals surface area contributed by atoms with Gasteiger partial charge in [0.25, 0.3) is 0 Å². The minimum absolute atomic E-state index is 0.945. The van der Waals surface area contributed by atoms with E-state index < -0.39 is 0 Å². The number of rotatable bonds is 1.